The second-order valence-electron chi connectivity index (χ2n) is 5.47. The third-order valence-electron chi connectivity index (χ3n) is 3.75. The summed E-state index contributed by atoms with van der Waals surface area (Å²) in [6.45, 7) is 1.83. The summed E-state index contributed by atoms with van der Waals surface area (Å²) in [7, 11) is 0. The highest BCUT2D eigenvalue weighted by atomic mass is 35.5. The molecule has 0 spiro atoms. The number of hydrogen-bond acceptors (Lipinski definition) is 4. The normalized spacial score (nSPS) is 11.0. The Hall–Kier alpha value is -2.63. The number of para-hydroxylation sites is 2. The van der Waals surface area contributed by atoms with Crippen molar-refractivity contribution in [2.75, 3.05) is 5.32 Å². The van der Waals surface area contributed by atoms with Crippen LogP contribution in [0.3, 0.4) is 0 Å². The number of fused-ring (bicyclic) bond motifs is 1. The quantitative estimate of drug-likeness (QED) is 0.540. The Morgan fingerprint density at radius 1 is 0.920 bits per heavy atom. The SMILES string of the molecule is Cc1nc(Nc2ccccc2Cl)c2cnn(-c3ccccc3Cl)c2n1. The summed E-state index contributed by atoms with van der Waals surface area (Å²) in [6, 6.07) is 15.0. The van der Waals surface area contributed by atoms with Gasteiger partial charge in [0.1, 0.15) is 11.6 Å². The molecule has 0 amide bonds. The molecule has 0 aliphatic heterocycles. The van der Waals surface area contributed by atoms with Gasteiger partial charge in [0.15, 0.2) is 5.65 Å². The Morgan fingerprint density at radius 3 is 2.40 bits per heavy atom. The van der Waals surface area contributed by atoms with E-state index in [9.17, 15) is 0 Å². The number of rotatable bonds is 3. The lowest BCUT2D eigenvalue weighted by atomic mass is 10.3. The Kier molecular flexibility index (Phi) is 4.03. The second-order valence-corrected chi connectivity index (χ2v) is 6.28. The molecule has 0 saturated carbocycles. The molecule has 1 N–H and O–H groups in total. The van der Waals surface area contributed by atoms with Crippen molar-refractivity contribution in [1.29, 1.82) is 0 Å². The lowest BCUT2D eigenvalue weighted by Gasteiger charge is -2.10. The van der Waals surface area contributed by atoms with E-state index >= 15 is 0 Å². The van der Waals surface area contributed by atoms with Crippen LogP contribution in [0.4, 0.5) is 11.5 Å². The van der Waals surface area contributed by atoms with Gasteiger partial charge in [0.25, 0.3) is 0 Å². The van der Waals surface area contributed by atoms with Crippen LogP contribution in [-0.4, -0.2) is 19.7 Å². The molecule has 2 aromatic heterocycles. The largest absolute Gasteiger partial charge is 0.338 e. The van der Waals surface area contributed by atoms with Crippen molar-refractivity contribution in [3.8, 4) is 5.69 Å². The molecule has 0 unspecified atom stereocenters. The second kappa shape index (κ2) is 6.35. The molecule has 7 heteroatoms. The molecule has 0 aliphatic rings. The van der Waals surface area contributed by atoms with E-state index in [0.717, 1.165) is 16.8 Å². The molecule has 4 aromatic rings. The lowest BCUT2D eigenvalue weighted by molar-refractivity contribution is 0.890. The Labute approximate surface area is 154 Å². The average Bonchev–Trinajstić information content (AvgIpc) is 3.01. The fourth-order valence-electron chi connectivity index (χ4n) is 2.60. The number of hydrogen-bond donors (Lipinski definition) is 1. The van der Waals surface area contributed by atoms with Crippen LogP contribution in [0.5, 0.6) is 0 Å². The molecule has 0 fully saturated rings. The number of aryl methyl sites for hydroxylation is 1. The topological polar surface area (TPSA) is 55.6 Å². The fourth-order valence-corrected chi connectivity index (χ4v) is 3.00. The van der Waals surface area contributed by atoms with Gasteiger partial charge in [-0.3, -0.25) is 0 Å². The maximum absolute atomic E-state index is 6.31. The van der Waals surface area contributed by atoms with Crippen molar-refractivity contribution in [3.63, 3.8) is 0 Å². The molecule has 2 heterocycles. The summed E-state index contributed by atoms with van der Waals surface area (Å²) in [5.41, 5.74) is 2.21. The highest BCUT2D eigenvalue weighted by Gasteiger charge is 2.15. The van der Waals surface area contributed by atoms with Gasteiger partial charge in [0.2, 0.25) is 0 Å². The van der Waals surface area contributed by atoms with E-state index in [0.29, 0.717) is 27.3 Å². The summed E-state index contributed by atoms with van der Waals surface area (Å²) >= 11 is 12.6. The average molecular weight is 370 g/mol. The first-order chi connectivity index (χ1) is 12.1. The Balaban J connectivity index is 1.88. The number of halogens is 2. The highest BCUT2D eigenvalue weighted by Crippen LogP contribution is 2.30. The summed E-state index contributed by atoms with van der Waals surface area (Å²) in [5, 5.41) is 9.72. The number of aromatic nitrogens is 4. The summed E-state index contributed by atoms with van der Waals surface area (Å²) in [5.74, 6) is 1.27. The third kappa shape index (κ3) is 2.92. The van der Waals surface area contributed by atoms with Crippen LogP contribution >= 0.6 is 23.2 Å². The minimum atomic E-state index is 0.601. The van der Waals surface area contributed by atoms with Crippen LogP contribution in [0.15, 0.2) is 54.7 Å². The molecular formula is C18H13Cl2N5. The van der Waals surface area contributed by atoms with Gasteiger partial charge >= 0.3 is 0 Å². The van der Waals surface area contributed by atoms with Gasteiger partial charge in [-0.25, -0.2) is 14.6 Å². The molecule has 0 radical (unpaired) electrons. The molecular weight excluding hydrogens is 357 g/mol. The standard InChI is InChI=1S/C18H13Cl2N5/c1-11-22-17(24-15-8-4-2-6-13(15)19)12-10-21-25(18(12)23-11)16-9-5-3-7-14(16)20/h2-10H,1H3,(H,22,23,24). The van der Waals surface area contributed by atoms with E-state index in [4.69, 9.17) is 23.2 Å². The summed E-state index contributed by atoms with van der Waals surface area (Å²) < 4.78 is 1.71. The van der Waals surface area contributed by atoms with Crippen molar-refractivity contribution >= 4 is 45.7 Å². The number of benzene rings is 2. The van der Waals surface area contributed by atoms with Gasteiger partial charge < -0.3 is 5.32 Å². The van der Waals surface area contributed by atoms with Crippen molar-refractivity contribution in [2.45, 2.75) is 6.92 Å². The van der Waals surface area contributed by atoms with Gasteiger partial charge in [-0.05, 0) is 31.2 Å². The van der Waals surface area contributed by atoms with E-state index in [1.54, 1.807) is 10.9 Å². The first kappa shape index (κ1) is 15.9. The van der Waals surface area contributed by atoms with Crippen LogP contribution in [0.25, 0.3) is 16.7 Å². The summed E-state index contributed by atoms with van der Waals surface area (Å²) in [4.78, 5) is 9.04. The Morgan fingerprint density at radius 2 is 1.64 bits per heavy atom. The minimum absolute atomic E-state index is 0.601. The Bertz CT molecular complexity index is 1070. The monoisotopic (exact) mass is 369 g/mol. The molecule has 0 bridgehead atoms. The predicted octanol–water partition coefficient (Wildman–Crippen LogP) is 5.17. The molecule has 0 atom stereocenters. The number of anilines is 2. The maximum atomic E-state index is 6.31. The van der Waals surface area contributed by atoms with Crippen LogP contribution in [0.2, 0.25) is 10.0 Å². The minimum Gasteiger partial charge on any atom is -0.338 e. The first-order valence-electron chi connectivity index (χ1n) is 7.62. The van der Waals surface area contributed by atoms with Crippen molar-refractivity contribution in [2.24, 2.45) is 0 Å². The smallest absolute Gasteiger partial charge is 0.168 e. The van der Waals surface area contributed by atoms with E-state index in [1.165, 1.54) is 0 Å². The molecule has 2 aromatic carbocycles. The van der Waals surface area contributed by atoms with Crippen LogP contribution < -0.4 is 5.32 Å². The molecule has 25 heavy (non-hydrogen) atoms. The number of nitrogens with zero attached hydrogens (tertiary/aromatic N) is 4. The zero-order valence-corrected chi connectivity index (χ0v) is 14.8. The van der Waals surface area contributed by atoms with Crippen molar-refractivity contribution < 1.29 is 0 Å². The molecule has 4 rings (SSSR count). The maximum Gasteiger partial charge on any atom is 0.168 e. The van der Waals surface area contributed by atoms with Crippen molar-refractivity contribution in [3.05, 3.63) is 70.6 Å². The molecule has 0 aliphatic carbocycles. The van der Waals surface area contributed by atoms with Gasteiger partial charge in [-0.15, -0.1) is 0 Å². The zero-order valence-electron chi connectivity index (χ0n) is 13.2. The highest BCUT2D eigenvalue weighted by molar-refractivity contribution is 6.33. The van der Waals surface area contributed by atoms with E-state index in [-0.39, 0.29) is 0 Å². The van der Waals surface area contributed by atoms with E-state index in [2.05, 4.69) is 20.4 Å². The van der Waals surface area contributed by atoms with Crippen LogP contribution in [-0.2, 0) is 0 Å². The van der Waals surface area contributed by atoms with Gasteiger partial charge in [0, 0.05) is 0 Å². The van der Waals surface area contributed by atoms with E-state index < -0.39 is 0 Å². The summed E-state index contributed by atoms with van der Waals surface area (Å²) in [6.07, 6.45) is 1.72. The molecule has 5 nitrogen and oxygen atoms in total. The van der Waals surface area contributed by atoms with Gasteiger partial charge in [0.05, 0.1) is 33.0 Å². The van der Waals surface area contributed by atoms with Crippen LogP contribution in [0, 0.1) is 6.92 Å². The fraction of sp³-hybridized carbons (Fsp3) is 0.0556. The predicted molar refractivity (Wildman–Crippen MR) is 101 cm³/mol. The number of nitrogens with one attached hydrogen (secondary N) is 1. The van der Waals surface area contributed by atoms with Gasteiger partial charge in [-0.2, -0.15) is 5.10 Å². The zero-order chi connectivity index (χ0) is 17.4. The molecule has 124 valence electrons. The third-order valence-corrected chi connectivity index (χ3v) is 4.40. The van der Waals surface area contributed by atoms with Crippen LogP contribution in [0.1, 0.15) is 5.82 Å². The first-order valence-corrected chi connectivity index (χ1v) is 8.38. The van der Waals surface area contributed by atoms with Gasteiger partial charge in [-0.1, -0.05) is 47.5 Å². The molecule has 0 saturated heterocycles. The lowest BCUT2D eigenvalue weighted by Crippen LogP contribution is -2.02. The van der Waals surface area contributed by atoms with Crippen molar-refractivity contribution in [1.82, 2.24) is 19.7 Å². The van der Waals surface area contributed by atoms with E-state index in [1.807, 2.05) is 55.5 Å².